The third-order valence-electron chi connectivity index (χ3n) is 3.51. The van der Waals surface area contributed by atoms with Gasteiger partial charge in [-0.1, -0.05) is 6.08 Å². The Balaban J connectivity index is 1.69. The minimum Gasteiger partial charge on any atom is -0.487 e. The van der Waals surface area contributed by atoms with Crippen LogP contribution in [0.15, 0.2) is 66.7 Å². The van der Waals surface area contributed by atoms with Crippen molar-refractivity contribution in [3.8, 4) is 17.4 Å². The highest BCUT2D eigenvalue weighted by molar-refractivity contribution is 5.79. The molecule has 1 N–H and O–H groups in total. The lowest BCUT2D eigenvalue weighted by Gasteiger charge is -2.11. The van der Waals surface area contributed by atoms with Crippen LogP contribution in [0.2, 0.25) is 0 Å². The molecule has 1 heterocycles. The summed E-state index contributed by atoms with van der Waals surface area (Å²) in [5.41, 5.74) is 0.670. The number of halogens is 1. The number of rotatable bonds is 6. The lowest BCUT2D eigenvalue weighted by Crippen LogP contribution is -2.08. The van der Waals surface area contributed by atoms with Crippen molar-refractivity contribution >= 4 is 10.9 Å². The van der Waals surface area contributed by atoms with Gasteiger partial charge in [-0.15, -0.1) is 0 Å². The van der Waals surface area contributed by atoms with Crippen LogP contribution in [0.1, 0.15) is 6.92 Å². The average molecular weight is 339 g/mol. The number of nitrogens with zero attached hydrogens (tertiary/aromatic N) is 1. The normalized spacial score (nSPS) is 12.4. The van der Waals surface area contributed by atoms with Gasteiger partial charge in [-0.2, -0.15) is 0 Å². The molecule has 1 atom stereocenters. The van der Waals surface area contributed by atoms with Crippen molar-refractivity contribution in [1.29, 1.82) is 0 Å². The quantitative estimate of drug-likeness (QED) is 0.673. The summed E-state index contributed by atoms with van der Waals surface area (Å²) in [5.74, 6) is 1.47. The third-order valence-corrected chi connectivity index (χ3v) is 3.51. The molecule has 0 spiro atoms. The maximum absolute atomic E-state index is 13.2. The summed E-state index contributed by atoms with van der Waals surface area (Å²) in [6.07, 6.45) is 3.28. The van der Waals surface area contributed by atoms with Crippen LogP contribution in [-0.2, 0) is 0 Å². The van der Waals surface area contributed by atoms with Crippen LogP contribution in [0, 0.1) is 5.82 Å². The number of aliphatic hydroxyl groups excluding tert-OH is 1. The standard InChI is InChI=1S/C20H18FNO3/c1-14(3-2-12-23)24-17-6-8-18(9-7-17)25-20-11-4-15-13-16(21)5-10-19(15)22-20/h2-11,13-14,23H,12H2,1H3/b3-2+. The molecule has 0 radical (unpaired) electrons. The zero-order valence-electron chi connectivity index (χ0n) is 13.7. The van der Waals surface area contributed by atoms with E-state index in [0.717, 1.165) is 5.39 Å². The Morgan fingerprint density at radius 3 is 2.60 bits per heavy atom. The van der Waals surface area contributed by atoms with Crippen LogP contribution >= 0.6 is 0 Å². The van der Waals surface area contributed by atoms with Gasteiger partial charge in [-0.25, -0.2) is 9.37 Å². The topological polar surface area (TPSA) is 51.6 Å². The summed E-state index contributed by atoms with van der Waals surface area (Å²) < 4.78 is 24.6. The number of aromatic nitrogens is 1. The van der Waals surface area contributed by atoms with Gasteiger partial charge in [-0.05, 0) is 61.5 Å². The SMILES string of the molecule is CC(/C=C/CO)Oc1ccc(Oc2ccc3cc(F)ccc3n2)cc1. The fourth-order valence-corrected chi connectivity index (χ4v) is 2.35. The van der Waals surface area contributed by atoms with E-state index in [-0.39, 0.29) is 18.5 Å². The zero-order valence-corrected chi connectivity index (χ0v) is 13.7. The second-order valence-electron chi connectivity index (χ2n) is 5.49. The van der Waals surface area contributed by atoms with Crippen molar-refractivity contribution in [2.45, 2.75) is 13.0 Å². The third kappa shape index (κ3) is 4.55. The van der Waals surface area contributed by atoms with E-state index < -0.39 is 0 Å². The molecule has 3 rings (SSSR count). The van der Waals surface area contributed by atoms with Gasteiger partial charge in [-0.3, -0.25) is 0 Å². The van der Waals surface area contributed by atoms with Gasteiger partial charge in [0.1, 0.15) is 23.4 Å². The number of hydrogen-bond acceptors (Lipinski definition) is 4. The predicted molar refractivity (Wildman–Crippen MR) is 94.5 cm³/mol. The van der Waals surface area contributed by atoms with Crippen molar-refractivity contribution in [1.82, 2.24) is 4.98 Å². The van der Waals surface area contributed by atoms with Gasteiger partial charge in [0.25, 0.3) is 0 Å². The van der Waals surface area contributed by atoms with E-state index >= 15 is 0 Å². The minimum atomic E-state index is -0.290. The molecule has 0 aliphatic heterocycles. The molecule has 0 saturated carbocycles. The minimum absolute atomic E-state index is 0.00806. The number of fused-ring (bicyclic) bond motifs is 1. The molecule has 0 fully saturated rings. The fourth-order valence-electron chi connectivity index (χ4n) is 2.35. The van der Waals surface area contributed by atoms with E-state index in [0.29, 0.717) is 22.9 Å². The Bertz CT molecular complexity index is 878. The van der Waals surface area contributed by atoms with E-state index in [4.69, 9.17) is 14.6 Å². The fraction of sp³-hybridized carbons (Fsp3) is 0.150. The highest BCUT2D eigenvalue weighted by atomic mass is 19.1. The largest absolute Gasteiger partial charge is 0.487 e. The van der Waals surface area contributed by atoms with Crippen LogP contribution in [0.3, 0.4) is 0 Å². The number of ether oxygens (including phenoxy) is 2. The molecule has 1 unspecified atom stereocenters. The first-order valence-electron chi connectivity index (χ1n) is 7.92. The second-order valence-corrected chi connectivity index (χ2v) is 5.49. The second kappa shape index (κ2) is 7.77. The van der Waals surface area contributed by atoms with Crippen LogP contribution in [0.4, 0.5) is 4.39 Å². The molecule has 5 heteroatoms. The Hall–Kier alpha value is -2.92. The number of benzene rings is 2. The predicted octanol–water partition coefficient (Wildman–Crippen LogP) is 4.48. The molecule has 0 saturated heterocycles. The molecule has 1 aromatic heterocycles. The monoisotopic (exact) mass is 339 g/mol. The summed E-state index contributed by atoms with van der Waals surface area (Å²) in [7, 11) is 0. The smallest absolute Gasteiger partial charge is 0.219 e. The Kier molecular flexibility index (Phi) is 5.26. The van der Waals surface area contributed by atoms with E-state index in [1.807, 2.05) is 6.92 Å². The van der Waals surface area contributed by atoms with E-state index in [1.165, 1.54) is 12.1 Å². The van der Waals surface area contributed by atoms with Crippen molar-refractivity contribution in [2.24, 2.45) is 0 Å². The summed E-state index contributed by atoms with van der Waals surface area (Å²) in [6.45, 7) is 1.88. The first-order chi connectivity index (χ1) is 12.1. The van der Waals surface area contributed by atoms with Gasteiger partial charge in [0.05, 0.1) is 12.1 Å². The maximum atomic E-state index is 13.2. The molecule has 0 bridgehead atoms. The van der Waals surface area contributed by atoms with Crippen molar-refractivity contribution < 1.29 is 19.0 Å². The first-order valence-corrected chi connectivity index (χ1v) is 7.92. The van der Waals surface area contributed by atoms with Gasteiger partial charge in [0.15, 0.2) is 0 Å². The van der Waals surface area contributed by atoms with Gasteiger partial charge in [0, 0.05) is 11.5 Å². The van der Waals surface area contributed by atoms with Gasteiger partial charge in [0.2, 0.25) is 5.88 Å². The van der Waals surface area contributed by atoms with Gasteiger partial charge >= 0.3 is 0 Å². The van der Waals surface area contributed by atoms with Gasteiger partial charge < -0.3 is 14.6 Å². The Morgan fingerprint density at radius 2 is 1.84 bits per heavy atom. The summed E-state index contributed by atoms with van der Waals surface area (Å²) in [5, 5.41) is 9.48. The van der Waals surface area contributed by atoms with Crippen molar-refractivity contribution in [3.05, 3.63) is 72.6 Å². The molecule has 0 aliphatic carbocycles. The lowest BCUT2D eigenvalue weighted by atomic mass is 10.2. The number of hydrogen-bond donors (Lipinski definition) is 1. The van der Waals surface area contributed by atoms with Crippen LogP contribution < -0.4 is 9.47 Å². The maximum Gasteiger partial charge on any atom is 0.219 e. The van der Waals surface area contributed by atoms with Crippen LogP contribution in [-0.4, -0.2) is 22.8 Å². The van der Waals surface area contributed by atoms with Crippen LogP contribution in [0.5, 0.6) is 17.4 Å². The van der Waals surface area contributed by atoms with Crippen molar-refractivity contribution in [2.75, 3.05) is 6.61 Å². The molecule has 0 aliphatic rings. The Labute approximate surface area is 145 Å². The number of pyridine rings is 1. The molecular weight excluding hydrogens is 321 g/mol. The molecule has 2 aromatic carbocycles. The molecule has 25 heavy (non-hydrogen) atoms. The molecule has 4 nitrogen and oxygen atoms in total. The highest BCUT2D eigenvalue weighted by Crippen LogP contribution is 2.25. The Morgan fingerprint density at radius 1 is 1.08 bits per heavy atom. The molecule has 3 aromatic rings. The highest BCUT2D eigenvalue weighted by Gasteiger charge is 2.04. The molecular formula is C20H18FNO3. The van der Waals surface area contributed by atoms with E-state index in [2.05, 4.69) is 4.98 Å². The summed E-state index contributed by atoms with van der Waals surface area (Å²) in [4.78, 5) is 4.36. The first kappa shape index (κ1) is 16.9. The van der Waals surface area contributed by atoms with E-state index in [9.17, 15) is 4.39 Å². The van der Waals surface area contributed by atoms with Crippen molar-refractivity contribution in [3.63, 3.8) is 0 Å². The average Bonchev–Trinajstić information content (AvgIpc) is 2.62. The number of aliphatic hydroxyl groups is 1. The van der Waals surface area contributed by atoms with E-state index in [1.54, 1.807) is 54.6 Å². The van der Waals surface area contributed by atoms with Crippen LogP contribution in [0.25, 0.3) is 10.9 Å². The molecule has 128 valence electrons. The lowest BCUT2D eigenvalue weighted by molar-refractivity contribution is 0.267. The zero-order chi connectivity index (χ0) is 17.6. The molecule has 0 amide bonds. The summed E-state index contributed by atoms with van der Waals surface area (Å²) >= 11 is 0. The summed E-state index contributed by atoms with van der Waals surface area (Å²) in [6, 6.07) is 15.1.